The van der Waals surface area contributed by atoms with Crippen LogP contribution in [-0.2, 0) is 10.8 Å². The second-order valence-corrected chi connectivity index (χ2v) is 7.35. The van der Waals surface area contributed by atoms with E-state index >= 15 is 0 Å². The van der Waals surface area contributed by atoms with Crippen LogP contribution in [0.4, 0.5) is 0 Å². The summed E-state index contributed by atoms with van der Waals surface area (Å²) in [7, 11) is -0.997. The van der Waals surface area contributed by atoms with Crippen LogP contribution in [0.2, 0.25) is 0 Å². The summed E-state index contributed by atoms with van der Waals surface area (Å²) in [4.78, 5) is 12.4. The maximum absolute atomic E-state index is 12.4. The van der Waals surface area contributed by atoms with Gasteiger partial charge >= 0.3 is 0 Å². The van der Waals surface area contributed by atoms with Crippen LogP contribution in [0.1, 0.15) is 52.7 Å². The third-order valence-corrected chi connectivity index (χ3v) is 5.66. The Morgan fingerprint density at radius 1 is 1.16 bits per heavy atom. The average molecular weight is 278 g/mol. The lowest BCUT2D eigenvalue weighted by Crippen LogP contribution is -2.21. The van der Waals surface area contributed by atoms with Crippen molar-refractivity contribution in [3.05, 3.63) is 34.4 Å². The predicted molar refractivity (Wildman–Crippen MR) is 80.2 cm³/mol. The topological polar surface area (TPSA) is 34.1 Å². The molecule has 0 N–H and O–H groups in total. The van der Waals surface area contributed by atoms with E-state index in [-0.39, 0.29) is 16.8 Å². The van der Waals surface area contributed by atoms with Crippen LogP contribution in [0.25, 0.3) is 0 Å². The molecule has 0 amide bonds. The molecular formula is C16H22O2S. The van der Waals surface area contributed by atoms with Gasteiger partial charge in [0.25, 0.3) is 0 Å². The first-order valence-electron chi connectivity index (χ1n) is 6.97. The highest BCUT2D eigenvalue weighted by Gasteiger charge is 2.24. The third-order valence-electron chi connectivity index (χ3n) is 3.90. The Bertz CT molecular complexity index is 490. The first kappa shape index (κ1) is 14.4. The van der Waals surface area contributed by atoms with Crippen molar-refractivity contribution in [2.75, 3.05) is 5.75 Å². The smallest absolute Gasteiger partial charge is 0.175 e. The Morgan fingerprint density at radius 2 is 1.68 bits per heavy atom. The molecule has 3 heteroatoms. The number of hydrogen-bond donors (Lipinski definition) is 0. The van der Waals surface area contributed by atoms with Crippen molar-refractivity contribution in [2.45, 2.75) is 51.7 Å². The second-order valence-electron chi connectivity index (χ2n) is 5.63. The van der Waals surface area contributed by atoms with E-state index < -0.39 is 10.8 Å². The largest absolute Gasteiger partial charge is 0.293 e. The van der Waals surface area contributed by atoms with Crippen LogP contribution in [0, 0.1) is 20.8 Å². The van der Waals surface area contributed by atoms with E-state index in [1.807, 2.05) is 32.9 Å². The van der Waals surface area contributed by atoms with Crippen LogP contribution < -0.4 is 0 Å². The van der Waals surface area contributed by atoms with Gasteiger partial charge in [-0.2, -0.15) is 0 Å². The van der Waals surface area contributed by atoms with Gasteiger partial charge in [0.05, 0.1) is 5.75 Å². The number of carbonyl (C=O) groups excluding carboxylic acids is 1. The Hall–Kier alpha value is -0.960. The minimum Gasteiger partial charge on any atom is -0.293 e. The number of carbonyl (C=O) groups is 1. The number of benzene rings is 1. The monoisotopic (exact) mass is 278 g/mol. The Balaban J connectivity index is 2.14. The molecule has 1 fully saturated rings. The van der Waals surface area contributed by atoms with E-state index in [4.69, 9.17) is 0 Å². The number of aryl methyl sites for hydroxylation is 3. The number of hydrogen-bond acceptors (Lipinski definition) is 2. The van der Waals surface area contributed by atoms with Gasteiger partial charge in [-0.25, -0.2) is 0 Å². The summed E-state index contributed by atoms with van der Waals surface area (Å²) in [6.45, 7) is 5.96. The van der Waals surface area contributed by atoms with Crippen molar-refractivity contribution >= 4 is 16.6 Å². The standard InChI is InChI=1S/C16H22O2S/c1-11-8-12(2)16(13(3)9-11)15(17)10-19(18)14-6-4-5-7-14/h8-9,14H,4-7,10H2,1-3H3. The van der Waals surface area contributed by atoms with E-state index in [1.165, 1.54) is 5.56 Å². The molecule has 1 aromatic carbocycles. The highest BCUT2D eigenvalue weighted by molar-refractivity contribution is 7.86. The molecule has 1 aliphatic carbocycles. The summed E-state index contributed by atoms with van der Waals surface area (Å²) in [5, 5.41) is 0.245. The molecule has 2 rings (SSSR count). The quantitative estimate of drug-likeness (QED) is 0.790. The van der Waals surface area contributed by atoms with Crippen molar-refractivity contribution in [2.24, 2.45) is 0 Å². The van der Waals surface area contributed by atoms with Gasteiger partial charge in [-0.05, 0) is 44.7 Å². The lowest BCUT2D eigenvalue weighted by atomic mass is 9.97. The fourth-order valence-corrected chi connectivity index (χ4v) is 4.59. The second kappa shape index (κ2) is 6.00. The maximum Gasteiger partial charge on any atom is 0.175 e. The highest BCUT2D eigenvalue weighted by Crippen LogP contribution is 2.24. The lowest BCUT2D eigenvalue weighted by molar-refractivity contribution is 0.102. The fraction of sp³-hybridized carbons (Fsp3) is 0.562. The van der Waals surface area contributed by atoms with Gasteiger partial charge in [0.15, 0.2) is 5.78 Å². The van der Waals surface area contributed by atoms with Crippen molar-refractivity contribution < 1.29 is 9.00 Å². The summed E-state index contributed by atoms with van der Waals surface area (Å²) in [6.07, 6.45) is 4.36. The molecule has 1 unspecified atom stereocenters. The van der Waals surface area contributed by atoms with E-state index in [0.29, 0.717) is 0 Å². The van der Waals surface area contributed by atoms with Crippen molar-refractivity contribution in [1.29, 1.82) is 0 Å². The molecule has 0 radical (unpaired) electrons. The van der Waals surface area contributed by atoms with Crippen molar-refractivity contribution in [1.82, 2.24) is 0 Å². The molecular weight excluding hydrogens is 256 g/mol. The molecule has 0 heterocycles. The van der Waals surface area contributed by atoms with Crippen LogP contribution in [0.15, 0.2) is 12.1 Å². The van der Waals surface area contributed by atoms with Gasteiger partial charge in [-0.15, -0.1) is 0 Å². The average Bonchev–Trinajstić information content (AvgIpc) is 2.80. The molecule has 0 saturated heterocycles. The minimum absolute atomic E-state index is 0.0419. The molecule has 104 valence electrons. The molecule has 0 aromatic heterocycles. The van der Waals surface area contributed by atoms with Gasteiger partial charge in [0.1, 0.15) is 0 Å². The van der Waals surface area contributed by atoms with E-state index in [2.05, 4.69) is 0 Å². The summed E-state index contributed by atoms with van der Waals surface area (Å²) in [5.41, 5.74) is 3.96. The third kappa shape index (κ3) is 3.33. The highest BCUT2D eigenvalue weighted by atomic mass is 32.2. The van der Waals surface area contributed by atoms with Crippen molar-refractivity contribution in [3.8, 4) is 0 Å². The molecule has 0 aliphatic heterocycles. The molecule has 1 aliphatic rings. The molecule has 1 aromatic rings. The van der Waals surface area contributed by atoms with Crippen LogP contribution in [0.3, 0.4) is 0 Å². The summed E-state index contributed by atoms with van der Waals surface area (Å²) < 4.78 is 12.2. The van der Waals surface area contributed by atoms with Crippen LogP contribution in [-0.4, -0.2) is 21.0 Å². The Kier molecular flexibility index (Phi) is 4.56. The molecule has 19 heavy (non-hydrogen) atoms. The zero-order valence-corrected chi connectivity index (χ0v) is 12.8. The normalized spacial score (nSPS) is 17.6. The molecule has 1 atom stereocenters. The Labute approximate surface area is 118 Å². The first-order chi connectivity index (χ1) is 8.99. The fourth-order valence-electron chi connectivity index (χ4n) is 3.09. The molecule has 1 saturated carbocycles. The predicted octanol–water partition coefficient (Wildman–Crippen LogP) is 3.49. The zero-order chi connectivity index (χ0) is 14.0. The number of Topliss-reactive ketones (excluding diaryl/α,β-unsaturated/α-hetero) is 1. The first-order valence-corrected chi connectivity index (χ1v) is 8.35. The van der Waals surface area contributed by atoms with Gasteiger partial charge in [0.2, 0.25) is 0 Å². The zero-order valence-electron chi connectivity index (χ0n) is 12.0. The Morgan fingerprint density at radius 3 is 2.21 bits per heavy atom. The number of rotatable bonds is 4. The summed E-state index contributed by atoms with van der Waals surface area (Å²) in [5.74, 6) is 0.232. The molecule has 0 bridgehead atoms. The molecule has 0 spiro atoms. The van der Waals surface area contributed by atoms with E-state index in [9.17, 15) is 9.00 Å². The van der Waals surface area contributed by atoms with Crippen molar-refractivity contribution in [3.63, 3.8) is 0 Å². The maximum atomic E-state index is 12.4. The van der Waals surface area contributed by atoms with E-state index in [1.54, 1.807) is 0 Å². The minimum atomic E-state index is -0.997. The lowest BCUT2D eigenvalue weighted by Gasteiger charge is -2.12. The van der Waals surface area contributed by atoms with Gasteiger partial charge in [-0.3, -0.25) is 9.00 Å². The van der Waals surface area contributed by atoms with Crippen LogP contribution in [0.5, 0.6) is 0 Å². The molecule has 2 nitrogen and oxygen atoms in total. The summed E-state index contributed by atoms with van der Waals surface area (Å²) in [6, 6.07) is 4.05. The van der Waals surface area contributed by atoms with Gasteiger partial charge in [0, 0.05) is 21.6 Å². The van der Waals surface area contributed by atoms with Gasteiger partial charge < -0.3 is 0 Å². The van der Waals surface area contributed by atoms with Crippen LogP contribution >= 0.6 is 0 Å². The SMILES string of the molecule is Cc1cc(C)c(C(=O)CS(=O)C2CCCC2)c(C)c1. The number of ketones is 1. The summed E-state index contributed by atoms with van der Waals surface area (Å²) >= 11 is 0. The van der Waals surface area contributed by atoms with E-state index in [0.717, 1.165) is 42.4 Å². The van der Waals surface area contributed by atoms with Gasteiger partial charge in [-0.1, -0.05) is 30.5 Å².